The molecule has 1 rings (SSSR count). The fraction of sp³-hybridized carbons (Fsp3) is 0.833. The maximum atomic E-state index is 10.1. The third kappa shape index (κ3) is 3.41. The van der Waals surface area contributed by atoms with Crippen molar-refractivity contribution in [2.24, 2.45) is 22.2 Å². The summed E-state index contributed by atoms with van der Waals surface area (Å²) in [6.07, 6.45) is 6.04. The summed E-state index contributed by atoms with van der Waals surface area (Å²) in [6.45, 7) is 7.47. The Bertz CT molecular complexity index is 291. The van der Waals surface area contributed by atoms with Crippen molar-refractivity contribution in [3.63, 3.8) is 0 Å². The van der Waals surface area contributed by atoms with E-state index in [4.69, 9.17) is 10.2 Å². The maximum Gasteiger partial charge on any atom is 0.234 e. The lowest BCUT2D eigenvalue weighted by Crippen LogP contribution is -2.28. The second kappa shape index (κ2) is 7.10. The minimum absolute atomic E-state index is 0.289. The zero-order chi connectivity index (χ0) is 12.6. The van der Waals surface area contributed by atoms with Crippen LogP contribution in [0.5, 0.6) is 0 Å². The van der Waals surface area contributed by atoms with Crippen LogP contribution in [0.4, 0.5) is 0 Å². The van der Waals surface area contributed by atoms with Crippen molar-refractivity contribution >= 4 is 12.2 Å². The molecule has 0 heterocycles. The van der Waals surface area contributed by atoms with E-state index in [0.29, 0.717) is 12.5 Å². The maximum absolute atomic E-state index is 10.1. The van der Waals surface area contributed by atoms with Gasteiger partial charge in [0, 0.05) is 0 Å². The van der Waals surface area contributed by atoms with E-state index in [-0.39, 0.29) is 5.41 Å². The number of aliphatic imine (C=N–C) groups is 1. The van der Waals surface area contributed by atoms with Crippen LogP contribution in [0.15, 0.2) is 4.99 Å². The average molecular weight is 224 g/mol. The van der Waals surface area contributed by atoms with Crippen molar-refractivity contribution in [3.8, 4) is 0 Å². The third-order valence-corrected chi connectivity index (χ3v) is 4.08. The second-order valence-corrected chi connectivity index (χ2v) is 4.53. The Kier molecular flexibility index (Phi) is 6.55. The molecule has 1 aliphatic carbocycles. The summed E-state index contributed by atoms with van der Waals surface area (Å²) in [5.41, 5.74) is 0.289. The highest BCUT2D eigenvalue weighted by atomic mass is 16.1. The standard InChI is InChI=1S/C11H19NO.CHNO/c1-4-11(7-12-8-13)6-5-9(2)10(11)3;2-1-3/h9-10H,4-7H2,1-3H3;2H. The molecule has 3 unspecified atom stereocenters. The van der Waals surface area contributed by atoms with Gasteiger partial charge >= 0.3 is 0 Å². The van der Waals surface area contributed by atoms with E-state index >= 15 is 0 Å². The summed E-state index contributed by atoms with van der Waals surface area (Å²) in [5, 5.41) is 5.40. The molecular weight excluding hydrogens is 204 g/mol. The van der Waals surface area contributed by atoms with Crippen LogP contribution in [0.25, 0.3) is 0 Å². The van der Waals surface area contributed by atoms with Crippen molar-refractivity contribution in [1.29, 1.82) is 5.41 Å². The van der Waals surface area contributed by atoms with E-state index in [1.165, 1.54) is 12.8 Å². The predicted octanol–water partition coefficient (Wildman–Crippen LogP) is 2.69. The van der Waals surface area contributed by atoms with Gasteiger partial charge in [-0.2, -0.15) is 0 Å². The minimum atomic E-state index is 0.289. The number of isocyanates is 2. The zero-order valence-electron chi connectivity index (χ0n) is 10.2. The van der Waals surface area contributed by atoms with Crippen molar-refractivity contribution in [2.45, 2.75) is 40.0 Å². The Balaban J connectivity index is 0.000000673. The molecule has 0 spiro atoms. The van der Waals surface area contributed by atoms with E-state index < -0.39 is 0 Å². The van der Waals surface area contributed by atoms with Crippen LogP contribution in [-0.4, -0.2) is 18.7 Å². The number of nitrogens with zero attached hydrogens (tertiary/aromatic N) is 1. The lowest BCUT2D eigenvalue weighted by Gasteiger charge is -2.31. The summed E-state index contributed by atoms with van der Waals surface area (Å²) < 4.78 is 0. The molecule has 0 radical (unpaired) electrons. The molecule has 4 heteroatoms. The molecule has 1 fully saturated rings. The van der Waals surface area contributed by atoms with Crippen molar-refractivity contribution in [3.05, 3.63) is 0 Å². The van der Waals surface area contributed by atoms with Crippen molar-refractivity contribution in [1.82, 2.24) is 0 Å². The van der Waals surface area contributed by atoms with Gasteiger partial charge in [-0.1, -0.05) is 20.8 Å². The van der Waals surface area contributed by atoms with Gasteiger partial charge in [-0.15, -0.1) is 0 Å². The number of carbonyl (C=O) groups excluding carboxylic acids is 2. The molecule has 0 aromatic heterocycles. The van der Waals surface area contributed by atoms with Gasteiger partial charge in [-0.25, -0.2) is 20.0 Å². The molecule has 0 aromatic carbocycles. The molecule has 0 saturated heterocycles. The Hall–Kier alpha value is -1.24. The number of hydrogen-bond donors (Lipinski definition) is 1. The first-order chi connectivity index (χ1) is 7.57. The van der Waals surface area contributed by atoms with Crippen LogP contribution >= 0.6 is 0 Å². The highest BCUT2D eigenvalue weighted by Crippen LogP contribution is 2.48. The quantitative estimate of drug-likeness (QED) is 0.591. The molecular formula is C12H20N2O2. The summed E-state index contributed by atoms with van der Waals surface area (Å²) >= 11 is 0. The predicted molar refractivity (Wildman–Crippen MR) is 61.7 cm³/mol. The first-order valence-electron chi connectivity index (χ1n) is 5.65. The van der Waals surface area contributed by atoms with Gasteiger partial charge in [0.1, 0.15) is 0 Å². The molecule has 0 aromatic rings. The van der Waals surface area contributed by atoms with Gasteiger partial charge in [-0.3, -0.25) is 0 Å². The first kappa shape index (κ1) is 14.8. The summed E-state index contributed by atoms with van der Waals surface area (Å²) in [7, 11) is 0. The Morgan fingerprint density at radius 2 is 2.00 bits per heavy atom. The largest absolute Gasteiger partial charge is 0.234 e. The molecule has 1 aliphatic rings. The molecule has 0 aliphatic heterocycles. The number of nitrogens with one attached hydrogen (secondary N) is 1. The molecule has 4 nitrogen and oxygen atoms in total. The fourth-order valence-electron chi connectivity index (χ4n) is 2.62. The topological polar surface area (TPSA) is 70.3 Å². The molecule has 3 atom stereocenters. The van der Waals surface area contributed by atoms with E-state index in [1.54, 1.807) is 6.08 Å². The van der Waals surface area contributed by atoms with E-state index in [2.05, 4.69) is 25.8 Å². The zero-order valence-corrected chi connectivity index (χ0v) is 10.2. The van der Waals surface area contributed by atoms with Crippen LogP contribution < -0.4 is 0 Å². The van der Waals surface area contributed by atoms with Gasteiger partial charge in [-0.05, 0) is 36.5 Å². The van der Waals surface area contributed by atoms with Crippen LogP contribution in [0.2, 0.25) is 0 Å². The first-order valence-corrected chi connectivity index (χ1v) is 5.65. The van der Waals surface area contributed by atoms with Gasteiger partial charge < -0.3 is 0 Å². The minimum Gasteiger partial charge on any atom is -0.222 e. The van der Waals surface area contributed by atoms with E-state index in [0.717, 1.165) is 18.4 Å². The number of hydrogen-bond acceptors (Lipinski definition) is 4. The average Bonchev–Trinajstić information content (AvgIpc) is 2.56. The summed E-state index contributed by atoms with van der Waals surface area (Å²) in [6, 6.07) is 0. The monoisotopic (exact) mass is 224 g/mol. The lowest BCUT2D eigenvalue weighted by molar-refractivity contribution is 0.193. The van der Waals surface area contributed by atoms with Crippen molar-refractivity contribution < 1.29 is 9.59 Å². The van der Waals surface area contributed by atoms with Gasteiger partial charge in [0.25, 0.3) is 0 Å². The Morgan fingerprint density at radius 3 is 2.31 bits per heavy atom. The van der Waals surface area contributed by atoms with Crippen molar-refractivity contribution in [2.75, 3.05) is 6.54 Å². The highest BCUT2D eigenvalue weighted by molar-refractivity contribution is 5.33. The van der Waals surface area contributed by atoms with Crippen LogP contribution in [-0.2, 0) is 9.59 Å². The third-order valence-electron chi connectivity index (χ3n) is 4.08. The van der Waals surface area contributed by atoms with Crippen LogP contribution in [0, 0.1) is 22.7 Å². The molecule has 16 heavy (non-hydrogen) atoms. The molecule has 1 N–H and O–H groups in total. The fourth-order valence-corrected chi connectivity index (χ4v) is 2.62. The van der Waals surface area contributed by atoms with Gasteiger partial charge in [0.15, 0.2) is 0 Å². The smallest absolute Gasteiger partial charge is 0.222 e. The normalized spacial score (nSPS) is 31.9. The van der Waals surface area contributed by atoms with Gasteiger partial charge in [0.2, 0.25) is 12.2 Å². The Labute approximate surface area is 96.7 Å². The highest BCUT2D eigenvalue weighted by Gasteiger charge is 2.42. The molecule has 0 amide bonds. The summed E-state index contributed by atoms with van der Waals surface area (Å²) in [4.78, 5) is 22.2. The second-order valence-electron chi connectivity index (χ2n) is 4.53. The Morgan fingerprint density at radius 1 is 1.44 bits per heavy atom. The molecule has 1 saturated carbocycles. The molecule has 0 bridgehead atoms. The van der Waals surface area contributed by atoms with E-state index in [9.17, 15) is 4.79 Å². The number of rotatable bonds is 3. The van der Waals surface area contributed by atoms with Crippen LogP contribution in [0.1, 0.15) is 40.0 Å². The van der Waals surface area contributed by atoms with E-state index in [1.807, 2.05) is 0 Å². The van der Waals surface area contributed by atoms with Gasteiger partial charge in [0.05, 0.1) is 6.54 Å². The molecule has 90 valence electrons. The lowest BCUT2D eigenvalue weighted by atomic mass is 9.75. The van der Waals surface area contributed by atoms with Crippen LogP contribution in [0.3, 0.4) is 0 Å². The summed E-state index contributed by atoms with van der Waals surface area (Å²) in [5.74, 6) is 1.47. The SMILES string of the molecule is CCC1(CN=C=O)CCC(C)C1C.N=C=O.